The number of benzene rings is 1. The Labute approximate surface area is 94.9 Å². The molecular weight excluding hydrogens is 203 g/mol. The van der Waals surface area contributed by atoms with Crippen LogP contribution >= 0.6 is 0 Å². The quantitative estimate of drug-likeness (QED) is 0.743. The molecule has 16 heavy (non-hydrogen) atoms. The molecule has 0 N–H and O–H groups in total. The third-order valence-corrected chi connectivity index (χ3v) is 2.86. The summed E-state index contributed by atoms with van der Waals surface area (Å²) >= 11 is 0. The van der Waals surface area contributed by atoms with E-state index in [0.29, 0.717) is 0 Å². The van der Waals surface area contributed by atoms with Crippen LogP contribution in [0.4, 0.5) is 4.39 Å². The van der Waals surface area contributed by atoms with Gasteiger partial charge in [-0.1, -0.05) is 26.0 Å². The van der Waals surface area contributed by atoms with E-state index >= 15 is 0 Å². The number of hydrogen-bond donors (Lipinski definition) is 0. The van der Waals surface area contributed by atoms with Crippen molar-refractivity contribution in [3.8, 4) is 0 Å². The minimum absolute atomic E-state index is 0.146. The standard InChI is InChI=1S/C13H15FN2/c1-3-9-5-6-10(7-12(9)14)13-8-11(4-2)15-16-13/h5-7H,3-4,8H2,1-2H3. The molecule has 2 rings (SSSR count). The maximum Gasteiger partial charge on any atom is 0.127 e. The van der Waals surface area contributed by atoms with Gasteiger partial charge in [-0.2, -0.15) is 10.2 Å². The van der Waals surface area contributed by atoms with E-state index in [-0.39, 0.29) is 5.82 Å². The maximum absolute atomic E-state index is 13.6. The van der Waals surface area contributed by atoms with E-state index in [1.807, 2.05) is 19.1 Å². The fourth-order valence-electron chi connectivity index (χ4n) is 1.76. The Morgan fingerprint density at radius 2 is 2.00 bits per heavy atom. The second-order valence-electron chi connectivity index (χ2n) is 3.90. The Kier molecular flexibility index (Phi) is 3.13. The highest BCUT2D eigenvalue weighted by Crippen LogP contribution is 2.17. The first-order valence-corrected chi connectivity index (χ1v) is 5.65. The summed E-state index contributed by atoms with van der Waals surface area (Å²) in [6.45, 7) is 4.00. The zero-order valence-electron chi connectivity index (χ0n) is 9.63. The molecule has 84 valence electrons. The lowest BCUT2D eigenvalue weighted by Gasteiger charge is -2.04. The average molecular weight is 218 g/mol. The van der Waals surface area contributed by atoms with Gasteiger partial charge in [0.05, 0.1) is 5.71 Å². The van der Waals surface area contributed by atoms with Gasteiger partial charge in [-0.25, -0.2) is 4.39 Å². The van der Waals surface area contributed by atoms with Crippen LogP contribution in [0.5, 0.6) is 0 Å². The lowest BCUT2D eigenvalue weighted by molar-refractivity contribution is 0.612. The zero-order valence-corrected chi connectivity index (χ0v) is 9.63. The Morgan fingerprint density at radius 3 is 2.56 bits per heavy atom. The normalized spacial score (nSPS) is 14.9. The van der Waals surface area contributed by atoms with Gasteiger partial charge < -0.3 is 0 Å². The van der Waals surface area contributed by atoms with Crippen molar-refractivity contribution in [3.05, 3.63) is 35.1 Å². The Hall–Kier alpha value is -1.51. The number of aryl methyl sites for hydroxylation is 1. The van der Waals surface area contributed by atoms with Gasteiger partial charge in [-0.05, 0) is 24.5 Å². The second kappa shape index (κ2) is 4.56. The van der Waals surface area contributed by atoms with E-state index in [4.69, 9.17) is 0 Å². The molecule has 0 amide bonds. The molecule has 1 aliphatic rings. The largest absolute Gasteiger partial charge is 0.207 e. The van der Waals surface area contributed by atoms with Crippen LogP contribution in [-0.2, 0) is 6.42 Å². The van der Waals surface area contributed by atoms with Crippen LogP contribution < -0.4 is 0 Å². The predicted octanol–water partition coefficient (Wildman–Crippen LogP) is 3.35. The highest BCUT2D eigenvalue weighted by atomic mass is 19.1. The van der Waals surface area contributed by atoms with Crippen molar-refractivity contribution in [2.24, 2.45) is 10.2 Å². The average Bonchev–Trinajstić information content (AvgIpc) is 2.77. The van der Waals surface area contributed by atoms with E-state index in [2.05, 4.69) is 17.1 Å². The molecule has 2 nitrogen and oxygen atoms in total. The highest BCUT2D eigenvalue weighted by Gasteiger charge is 2.14. The molecule has 0 aliphatic carbocycles. The minimum Gasteiger partial charge on any atom is -0.207 e. The smallest absolute Gasteiger partial charge is 0.127 e. The number of hydrogen-bond acceptors (Lipinski definition) is 2. The molecule has 0 bridgehead atoms. The van der Waals surface area contributed by atoms with Crippen LogP contribution in [0.2, 0.25) is 0 Å². The Bertz CT molecular complexity index is 461. The lowest BCUT2D eigenvalue weighted by atomic mass is 10.0. The summed E-state index contributed by atoms with van der Waals surface area (Å²) in [5.41, 5.74) is 3.54. The zero-order chi connectivity index (χ0) is 11.5. The predicted molar refractivity (Wildman–Crippen MR) is 64.7 cm³/mol. The Morgan fingerprint density at radius 1 is 1.19 bits per heavy atom. The van der Waals surface area contributed by atoms with Crippen LogP contribution in [0.3, 0.4) is 0 Å². The van der Waals surface area contributed by atoms with Crippen LogP contribution in [0.15, 0.2) is 28.4 Å². The summed E-state index contributed by atoms with van der Waals surface area (Å²) in [5.74, 6) is -0.146. The number of halogens is 1. The molecule has 3 heteroatoms. The first-order chi connectivity index (χ1) is 7.74. The van der Waals surface area contributed by atoms with Crippen molar-refractivity contribution in [2.45, 2.75) is 33.1 Å². The SMILES string of the molecule is CCC1=NN=C(c2ccc(CC)c(F)c2)C1. The van der Waals surface area contributed by atoms with E-state index in [9.17, 15) is 4.39 Å². The summed E-state index contributed by atoms with van der Waals surface area (Å²) < 4.78 is 13.6. The first kappa shape index (κ1) is 11.0. The Balaban J connectivity index is 2.21. The minimum atomic E-state index is -0.146. The lowest BCUT2D eigenvalue weighted by Crippen LogP contribution is -2.04. The summed E-state index contributed by atoms with van der Waals surface area (Å²) in [7, 11) is 0. The van der Waals surface area contributed by atoms with Gasteiger partial charge in [0, 0.05) is 17.7 Å². The van der Waals surface area contributed by atoms with Crippen molar-refractivity contribution in [2.75, 3.05) is 0 Å². The van der Waals surface area contributed by atoms with Crippen molar-refractivity contribution in [3.63, 3.8) is 0 Å². The molecule has 0 saturated carbocycles. The van der Waals surface area contributed by atoms with Crippen LogP contribution in [0, 0.1) is 5.82 Å². The second-order valence-corrected chi connectivity index (χ2v) is 3.90. The van der Waals surface area contributed by atoms with Crippen molar-refractivity contribution in [1.29, 1.82) is 0 Å². The number of rotatable bonds is 3. The molecule has 0 fully saturated rings. The van der Waals surface area contributed by atoms with Crippen LogP contribution in [0.25, 0.3) is 0 Å². The summed E-state index contributed by atoms with van der Waals surface area (Å²) in [6, 6.07) is 5.32. The molecule has 0 aromatic heterocycles. The fourth-order valence-corrected chi connectivity index (χ4v) is 1.76. The van der Waals surface area contributed by atoms with Crippen molar-refractivity contribution in [1.82, 2.24) is 0 Å². The molecule has 0 saturated heterocycles. The van der Waals surface area contributed by atoms with E-state index in [1.54, 1.807) is 6.07 Å². The van der Waals surface area contributed by atoms with Gasteiger partial charge in [0.1, 0.15) is 5.82 Å². The molecule has 0 radical (unpaired) electrons. The molecule has 0 atom stereocenters. The number of nitrogens with zero attached hydrogens (tertiary/aromatic N) is 2. The van der Waals surface area contributed by atoms with Gasteiger partial charge in [0.2, 0.25) is 0 Å². The summed E-state index contributed by atoms with van der Waals surface area (Å²) in [5, 5.41) is 8.16. The topological polar surface area (TPSA) is 24.7 Å². The maximum atomic E-state index is 13.6. The summed E-state index contributed by atoms with van der Waals surface area (Å²) in [4.78, 5) is 0. The monoisotopic (exact) mass is 218 g/mol. The van der Waals surface area contributed by atoms with Crippen molar-refractivity contribution < 1.29 is 4.39 Å². The molecule has 1 heterocycles. The third-order valence-electron chi connectivity index (χ3n) is 2.86. The van der Waals surface area contributed by atoms with Crippen LogP contribution in [0.1, 0.15) is 37.8 Å². The van der Waals surface area contributed by atoms with E-state index in [0.717, 1.165) is 41.8 Å². The summed E-state index contributed by atoms with van der Waals surface area (Å²) in [6.07, 6.45) is 2.37. The molecule has 1 aromatic carbocycles. The van der Waals surface area contributed by atoms with Crippen LogP contribution in [-0.4, -0.2) is 11.4 Å². The molecule has 0 unspecified atom stereocenters. The molecular formula is C13H15FN2. The van der Waals surface area contributed by atoms with Crippen molar-refractivity contribution >= 4 is 11.4 Å². The van der Waals surface area contributed by atoms with Gasteiger partial charge in [0.15, 0.2) is 0 Å². The molecule has 1 aliphatic heterocycles. The fraction of sp³-hybridized carbons (Fsp3) is 0.385. The molecule has 1 aromatic rings. The first-order valence-electron chi connectivity index (χ1n) is 5.65. The van der Waals surface area contributed by atoms with E-state index < -0.39 is 0 Å². The van der Waals surface area contributed by atoms with Gasteiger partial charge in [0.25, 0.3) is 0 Å². The van der Waals surface area contributed by atoms with Gasteiger partial charge in [-0.15, -0.1) is 0 Å². The third kappa shape index (κ3) is 2.03. The van der Waals surface area contributed by atoms with Gasteiger partial charge >= 0.3 is 0 Å². The molecule has 0 spiro atoms. The highest BCUT2D eigenvalue weighted by molar-refractivity contribution is 6.15. The van der Waals surface area contributed by atoms with E-state index in [1.165, 1.54) is 0 Å². The van der Waals surface area contributed by atoms with Gasteiger partial charge in [-0.3, -0.25) is 0 Å².